The maximum absolute atomic E-state index is 12.2. The van der Waals surface area contributed by atoms with Crippen molar-refractivity contribution in [2.45, 2.75) is 30.7 Å². The highest BCUT2D eigenvalue weighted by atomic mass is 32.2. The van der Waals surface area contributed by atoms with Crippen LogP contribution in [0.3, 0.4) is 0 Å². The Morgan fingerprint density at radius 3 is 2.83 bits per heavy atom. The molecule has 0 aliphatic carbocycles. The van der Waals surface area contributed by atoms with Crippen LogP contribution in [-0.4, -0.2) is 47.5 Å². The van der Waals surface area contributed by atoms with E-state index >= 15 is 0 Å². The van der Waals surface area contributed by atoms with Gasteiger partial charge in [-0.1, -0.05) is 6.92 Å². The zero-order chi connectivity index (χ0) is 12.8. The van der Waals surface area contributed by atoms with Crippen molar-refractivity contribution in [3.8, 4) is 0 Å². The van der Waals surface area contributed by atoms with Crippen molar-refractivity contribution < 1.29 is 8.42 Å². The molecule has 3 heterocycles. The minimum atomic E-state index is -3.23. The van der Waals surface area contributed by atoms with Crippen LogP contribution in [0.1, 0.15) is 31.4 Å². The molecule has 0 radical (unpaired) electrons. The zero-order valence-corrected chi connectivity index (χ0v) is 12.0. The molecule has 2 aliphatic heterocycles. The lowest BCUT2D eigenvalue weighted by atomic mass is 9.90. The summed E-state index contributed by atoms with van der Waals surface area (Å²) in [7, 11) is -3.23. The van der Waals surface area contributed by atoms with E-state index in [0.717, 1.165) is 43.5 Å². The maximum atomic E-state index is 12.2. The third-order valence-electron chi connectivity index (χ3n) is 3.93. The normalized spacial score (nSPS) is 31.1. The van der Waals surface area contributed by atoms with E-state index in [1.54, 1.807) is 0 Å². The van der Waals surface area contributed by atoms with Crippen LogP contribution in [0.5, 0.6) is 0 Å². The first kappa shape index (κ1) is 12.5. The molecule has 100 valence electrons. The summed E-state index contributed by atoms with van der Waals surface area (Å²) in [5, 5.41) is 0.257. The molecule has 5 nitrogen and oxygen atoms in total. The third-order valence-corrected chi connectivity index (χ3v) is 6.43. The standard InChI is InChI=1S/C11H17N3O2S2/c1-2-5-18(15,16)11-10(12-17-13-11)9-7-14-4-3-8(9)6-14/h8-9H,2-7H2,1H3. The van der Waals surface area contributed by atoms with E-state index in [4.69, 9.17) is 0 Å². The summed E-state index contributed by atoms with van der Waals surface area (Å²) in [4.78, 5) is 2.39. The Morgan fingerprint density at radius 2 is 2.22 bits per heavy atom. The predicted octanol–water partition coefficient (Wildman–Crippen LogP) is 1.14. The van der Waals surface area contributed by atoms with Crippen molar-refractivity contribution in [3.63, 3.8) is 0 Å². The second-order valence-corrected chi connectivity index (χ2v) is 7.74. The van der Waals surface area contributed by atoms with Gasteiger partial charge in [-0.05, 0) is 25.3 Å². The minimum Gasteiger partial charge on any atom is -0.302 e. The fourth-order valence-corrected chi connectivity index (χ4v) is 5.47. The van der Waals surface area contributed by atoms with Crippen LogP contribution in [0.4, 0.5) is 0 Å². The van der Waals surface area contributed by atoms with Gasteiger partial charge in [-0.25, -0.2) is 8.42 Å². The van der Waals surface area contributed by atoms with Crippen LogP contribution in [0, 0.1) is 5.92 Å². The summed E-state index contributed by atoms with van der Waals surface area (Å²) < 4.78 is 32.7. The van der Waals surface area contributed by atoms with Crippen LogP contribution >= 0.6 is 11.7 Å². The second-order valence-electron chi connectivity index (χ2n) is 5.19. The van der Waals surface area contributed by atoms with E-state index in [9.17, 15) is 8.42 Å². The molecule has 2 fully saturated rings. The van der Waals surface area contributed by atoms with Crippen molar-refractivity contribution in [1.29, 1.82) is 0 Å². The monoisotopic (exact) mass is 287 g/mol. The van der Waals surface area contributed by atoms with Crippen molar-refractivity contribution in [3.05, 3.63) is 5.69 Å². The number of aromatic nitrogens is 2. The molecule has 0 saturated carbocycles. The molecule has 7 heteroatoms. The molecule has 2 aliphatic rings. The van der Waals surface area contributed by atoms with Gasteiger partial charge in [0, 0.05) is 19.0 Å². The summed E-state index contributed by atoms with van der Waals surface area (Å²) in [6, 6.07) is 0. The maximum Gasteiger partial charge on any atom is 0.198 e. The first-order valence-corrected chi connectivity index (χ1v) is 8.77. The molecule has 3 unspecified atom stereocenters. The summed E-state index contributed by atoms with van der Waals surface area (Å²) in [5.74, 6) is 1.02. The molecule has 0 spiro atoms. The van der Waals surface area contributed by atoms with Gasteiger partial charge in [0.15, 0.2) is 14.9 Å². The summed E-state index contributed by atoms with van der Waals surface area (Å²) in [6.45, 7) is 5.07. The summed E-state index contributed by atoms with van der Waals surface area (Å²) in [6.07, 6.45) is 1.79. The van der Waals surface area contributed by atoms with Crippen molar-refractivity contribution in [2.75, 3.05) is 25.4 Å². The molecule has 3 rings (SSSR count). The van der Waals surface area contributed by atoms with Crippen molar-refractivity contribution in [2.24, 2.45) is 5.92 Å². The molecule has 0 amide bonds. The smallest absolute Gasteiger partial charge is 0.198 e. The van der Waals surface area contributed by atoms with Gasteiger partial charge in [0.1, 0.15) is 0 Å². The van der Waals surface area contributed by atoms with Gasteiger partial charge in [0.25, 0.3) is 0 Å². The largest absolute Gasteiger partial charge is 0.302 e. The summed E-state index contributed by atoms with van der Waals surface area (Å²) in [5.41, 5.74) is 0.737. The number of sulfone groups is 1. The number of fused-ring (bicyclic) bond motifs is 2. The lowest BCUT2D eigenvalue weighted by molar-refractivity contribution is 0.342. The Labute approximate surface area is 111 Å². The molecule has 18 heavy (non-hydrogen) atoms. The van der Waals surface area contributed by atoms with Gasteiger partial charge in [0.05, 0.1) is 23.2 Å². The molecule has 0 aromatic carbocycles. The van der Waals surface area contributed by atoms with Gasteiger partial charge in [-0.15, -0.1) is 0 Å². The predicted molar refractivity (Wildman–Crippen MR) is 69.5 cm³/mol. The average molecular weight is 287 g/mol. The van der Waals surface area contributed by atoms with Crippen molar-refractivity contribution in [1.82, 2.24) is 13.6 Å². The average Bonchev–Trinajstić information content (AvgIpc) is 3.04. The Hall–Kier alpha value is -0.530. The van der Waals surface area contributed by atoms with E-state index < -0.39 is 9.84 Å². The van der Waals surface area contributed by atoms with Crippen LogP contribution in [-0.2, 0) is 9.84 Å². The lowest BCUT2D eigenvalue weighted by Crippen LogP contribution is -2.23. The fraction of sp³-hybridized carbons (Fsp3) is 0.818. The van der Waals surface area contributed by atoms with E-state index in [-0.39, 0.29) is 16.7 Å². The van der Waals surface area contributed by atoms with Gasteiger partial charge >= 0.3 is 0 Å². The SMILES string of the molecule is CCCS(=O)(=O)c1nsnc1C1CN2CCC1C2. The molecule has 1 aromatic heterocycles. The van der Waals surface area contributed by atoms with E-state index in [0.29, 0.717) is 12.3 Å². The Kier molecular flexibility index (Phi) is 3.15. The first-order valence-electron chi connectivity index (χ1n) is 6.39. The number of hydrogen-bond acceptors (Lipinski definition) is 6. The van der Waals surface area contributed by atoms with Crippen LogP contribution in [0.25, 0.3) is 0 Å². The van der Waals surface area contributed by atoms with Gasteiger partial charge in [0.2, 0.25) is 0 Å². The van der Waals surface area contributed by atoms with Gasteiger partial charge < -0.3 is 4.90 Å². The highest BCUT2D eigenvalue weighted by molar-refractivity contribution is 7.91. The number of nitrogens with zero attached hydrogens (tertiary/aromatic N) is 3. The zero-order valence-electron chi connectivity index (χ0n) is 10.4. The highest BCUT2D eigenvalue weighted by Crippen LogP contribution is 2.41. The number of piperidine rings is 1. The molecular weight excluding hydrogens is 270 g/mol. The number of rotatable bonds is 4. The van der Waals surface area contributed by atoms with Gasteiger partial charge in [-0.3, -0.25) is 0 Å². The number of hydrogen-bond donors (Lipinski definition) is 0. The Bertz CT molecular complexity index is 540. The molecule has 0 N–H and O–H groups in total. The highest BCUT2D eigenvalue weighted by Gasteiger charge is 2.42. The van der Waals surface area contributed by atoms with Crippen LogP contribution in [0.2, 0.25) is 0 Å². The van der Waals surface area contributed by atoms with E-state index in [1.165, 1.54) is 0 Å². The van der Waals surface area contributed by atoms with E-state index in [2.05, 4.69) is 13.6 Å². The minimum absolute atomic E-state index is 0.173. The molecule has 1 aromatic rings. The molecule has 3 atom stereocenters. The first-order chi connectivity index (χ1) is 8.62. The van der Waals surface area contributed by atoms with Crippen LogP contribution < -0.4 is 0 Å². The summed E-state index contributed by atoms with van der Waals surface area (Å²) >= 11 is 1.04. The lowest BCUT2D eigenvalue weighted by Gasteiger charge is -2.20. The quantitative estimate of drug-likeness (QED) is 0.831. The topological polar surface area (TPSA) is 63.2 Å². The fourth-order valence-electron chi connectivity index (χ4n) is 3.09. The van der Waals surface area contributed by atoms with Crippen LogP contribution in [0.15, 0.2) is 5.03 Å². The van der Waals surface area contributed by atoms with Crippen molar-refractivity contribution >= 4 is 21.6 Å². The van der Waals surface area contributed by atoms with E-state index in [1.807, 2.05) is 6.92 Å². The third kappa shape index (κ3) is 1.98. The molecular formula is C11H17N3O2S2. The molecule has 2 saturated heterocycles. The molecule has 2 bridgehead atoms. The Balaban J connectivity index is 1.93. The Morgan fingerprint density at radius 1 is 1.39 bits per heavy atom. The van der Waals surface area contributed by atoms with Gasteiger partial charge in [-0.2, -0.15) is 8.75 Å². The second kappa shape index (κ2) is 4.54.